The van der Waals surface area contributed by atoms with Gasteiger partial charge in [0.25, 0.3) is 11.8 Å². The van der Waals surface area contributed by atoms with Crippen LogP contribution in [0, 0.1) is 0 Å². The molecule has 21 heavy (non-hydrogen) atoms. The molecule has 0 saturated carbocycles. The van der Waals surface area contributed by atoms with Gasteiger partial charge in [-0.3, -0.25) is 9.59 Å². The molecule has 6 heteroatoms. The van der Waals surface area contributed by atoms with Gasteiger partial charge in [0.05, 0.1) is 21.8 Å². The van der Waals surface area contributed by atoms with Crippen LogP contribution < -0.4 is 10.6 Å². The van der Waals surface area contributed by atoms with Gasteiger partial charge in [0.1, 0.15) is 4.99 Å². The van der Waals surface area contributed by atoms with Crippen LogP contribution in [0.5, 0.6) is 0 Å². The van der Waals surface area contributed by atoms with Crippen molar-refractivity contribution in [3.8, 4) is 0 Å². The number of hydrogen-bond acceptors (Lipinski definition) is 3. The number of carbonyl (C=O) groups is 2. The smallest absolute Gasteiger partial charge is 0.266 e. The summed E-state index contributed by atoms with van der Waals surface area (Å²) in [7, 11) is 0. The van der Waals surface area contributed by atoms with Gasteiger partial charge in [-0.05, 0) is 30.3 Å². The number of benzene rings is 2. The fraction of sp³-hybridized carbons (Fsp3) is 0. The van der Waals surface area contributed by atoms with E-state index in [1.165, 1.54) is 6.07 Å². The number of fused-ring (bicyclic) bond motifs is 1. The molecular weight excluding hydrogens is 308 g/mol. The summed E-state index contributed by atoms with van der Waals surface area (Å²) in [6.45, 7) is 0. The van der Waals surface area contributed by atoms with Crippen molar-refractivity contribution in [3.63, 3.8) is 0 Å². The summed E-state index contributed by atoms with van der Waals surface area (Å²) in [6.07, 6.45) is 0. The second kappa shape index (κ2) is 4.95. The molecule has 1 aliphatic rings. The minimum atomic E-state index is -0.366. The average molecular weight is 317 g/mol. The summed E-state index contributed by atoms with van der Waals surface area (Å²) in [5, 5.41) is 0.302. The van der Waals surface area contributed by atoms with Gasteiger partial charge < -0.3 is 5.73 Å². The Labute approximate surface area is 131 Å². The molecule has 104 valence electrons. The number of carbonyl (C=O) groups excluding carboxylic acids is 2. The second-order valence-corrected chi connectivity index (χ2v) is 5.37. The van der Waals surface area contributed by atoms with E-state index in [4.69, 9.17) is 29.6 Å². The Bertz CT molecular complexity index is 769. The highest BCUT2D eigenvalue weighted by Crippen LogP contribution is 2.31. The van der Waals surface area contributed by atoms with Crippen LogP contribution in [0.3, 0.4) is 0 Å². The summed E-state index contributed by atoms with van der Waals surface area (Å²) in [6, 6.07) is 11.4. The van der Waals surface area contributed by atoms with Gasteiger partial charge in [-0.1, -0.05) is 36.0 Å². The molecule has 0 spiro atoms. The molecule has 2 aromatic rings. The van der Waals surface area contributed by atoms with Gasteiger partial charge in [0.2, 0.25) is 0 Å². The first-order valence-electron chi connectivity index (χ1n) is 6.08. The SMILES string of the molecule is NC(=S)c1ccc(N2C(=O)c3ccccc3C2=O)cc1Cl. The topological polar surface area (TPSA) is 63.4 Å². The number of anilines is 1. The normalized spacial score (nSPS) is 13.5. The Kier molecular flexibility index (Phi) is 3.23. The molecule has 0 atom stereocenters. The number of nitrogens with two attached hydrogens (primary N) is 1. The minimum absolute atomic E-state index is 0.161. The Balaban J connectivity index is 2.07. The highest BCUT2D eigenvalue weighted by atomic mass is 35.5. The third kappa shape index (κ3) is 2.11. The third-order valence-corrected chi connectivity index (χ3v) is 3.80. The molecule has 0 saturated heterocycles. The van der Waals surface area contributed by atoms with E-state index >= 15 is 0 Å². The number of hydrogen-bond donors (Lipinski definition) is 1. The monoisotopic (exact) mass is 316 g/mol. The van der Waals surface area contributed by atoms with Gasteiger partial charge in [0, 0.05) is 5.56 Å². The number of amides is 2. The minimum Gasteiger partial charge on any atom is -0.389 e. The molecule has 2 N–H and O–H groups in total. The number of nitrogens with zero attached hydrogens (tertiary/aromatic N) is 1. The zero-order chi connectivity index (χ0) is 15.1. The van der Waals surface area contributed by atoms with Gasteiger partial charge >= 0.3 is 0 Å². The third-order valence-electron chi connectivity index (χ3n) is 3.27. The van der Waals surface area contributed by atoms with Crippen molar-refractivity contribution >= 4 is 46.3 Å². The van der Waals surface area contributed by atoms with Crippen LogP contribution in [-0.4, -0.2) is 16.8 Å². The summed E-state index contributed by atoms with van der Waals surface area (Å²) in [5.74, 6) is -0.732. The molecule has 0 bridgehead atoms. The maximum atomic E-state index is 12.3. The standard InChI is InChI=1S/C15H9ClN2O2S/c16-12-7-8(5-6-11(12)13(17)21)18-14(19)9-3-1-2-4-10(9)15(18)20/h1-7H,(H2,17,21). The van der Waals surface area contributed by atoms with Crippen LogP contribution in [-0.2, 0) is 0 Å². The van der Waals surface area contributed by atoms with Crippen LogP contribution in [0.25, 0.3) is 0 Å². The van der Waals surface area contributed by atoms with E-state index in [-0.39, 0.29) is 16.8 Å². The first-order valence-corrected chi connectivity index (χ1v) is 6.86. The Hall–Kier alpha value is -2.24. The largest absolute Gasteiger partial charge is 0.389 e. The number of rotatable bonds is 2. The molecule has 0 fully saturated rings. The van der Waals surface area contributed by atoms with Crippen LogP contribution in [0.15, 0.2) is 42.5 Å². The molecule has 1 heterocycles. The van der Waals surface area contributed by atoms with Crippen molar-refractivity contribution < 1.29 is 9.59 Å². The Morgan fingerprint density at radius 1 is 1.05 bits per heavy atom. The molecule has 4 nitrogen and oxygen atoms in total. The van der Waals surface area contributed by atoms with Crippen molar-refractivity contribution in [1.82, 2.24) is 0 Å². The maximum Gasteiger partial charge on any atom is 0.266 e. The van der Waals surface area contributed by atoms with Gasteiger partial charge in [-0.25, -0.2) is 4.90 Å². The van der Waals surface area contributed by atoms with E-state index in [9.17, 15) is 9.59 Å². The summed E-state index contributed by atoms with van der Waals surface area (Å²) in [5.41, 5.74) is 7.21. The van der Waals surface area contributed by atoms with Crippen molar-refractivity contribution in [1.29, 1.82) is 0 Å². The zero-order valence-corrected chi connectivity index (χ0v) is 12.2. The highest BCUT2D eigenvalue weighted by Gasteiger charge is 2.36. The first-order chi connectivity index (χ1) is 10.0. The van der Waals surface area contributed by atoms with Gasteiger partial charge in [-0.2, -0.15) is 0 Å². The first kappa shape index (κ1) is 13.7. The lowest BCUT2D eigenvalue weighted by Crippen LogP contribution is -2.29. The number of thiocarbonyl (C=S) groups is 1. The lowest BCUT2D eigenvalue weighted by molar-refractivity contribution is 0.0926. The molecule has 0 aromatic heterocycles. The highest BCUT2D eigenvalue weighted by molar-refractivity contribution is 7.80. The maximum absolute atomic E-state index is 12.3. The average Bonchev–Trinajstić information content (AvgIpc) is 2.71. The molecular formula is C15H9ClN2O2S. The Morgan fingerprint density at radius 2 is 1.62 bits per heavy atom. The molecule has 3 rings (SSSR count). The van der Waals surface area contributed by atoms with Gasteiger partial charge in [-0.15, -0.1) is 0 Å². The fourth-order valence-electron chi connectivity index (χ4n) is 2.27. The van der Waals surface area contributed by atoms with E-state index in [0.717, 1.165) is 4.90 Å². The van der Waals surface area contributed by atoms with Crippen molar-refractivity contribution in [2.75, 3.05) is 4.90 Å². The summed E-state index contributed by atoms with van der Waals surface area (Å²) >= 11 is 11.0. The summed E-state index contributed by atoms with van der Waals surface area (Å²) in [4.78, 5) is 26.0. The van der Waals surface area contributed by atoms with Crippen molar-refractivity contribution in [2.24, 2.45) is 5.73 Å². The van der Waals surface area contributed by atoms with E-state index < -0.39 is 0 Å². The summed E-state index contributed by atoms with van der Waals surface area (Å²) < 4.78 is 0. The van der Waals surface area contributed by atoms with Crippen LogP contribution in [0.1, 0.15) is 26.3 Å². The predicted molar refractivity (Wildman–Crippen MR) is 84.9 cm³/mol. The fourth-order valence-corrected chi connectivity index (χ4v) is 2.78. The van der Waals surface area contributed by atoms with Crippen LogP contribution in [0.2, 0.25) is 5.02 Å². The quantitative estimate of drug-likeness (QED) is 0.683. The van der Waals surface area contributed by atoms with E-state index in [0.29, 0.717) is 27.4 Å². The molecule has 1 aliphatic heterocycles. The zero-order valence-electron chi connectivity index (χ0n) is 10.7. The van der Waals surface area contributed by atoms with Crippen LogP contribution in [0.4, 0.5) is 5.69 Å². The van der Waals surface area contributed by atoms with Crippen LogP contribution >= 0.6 is 23.8 Å². The van der Waals surface area contributed by atoms with Crippen molar-refractivity contribution in [2.45, 2.75) is 0 Å². The lowest BCUT2D eigenvalue weighted by atomic mass is 10.1. The van der Waals surface area contributed by atoms with E-state index in [1.54, 1.807) is 36.4 Å². The van der Waals surface area contributed by atoms with E-state index in [1.807, 2.05) is 0 Å². The Morgan fingerprint density at radius 3 is 2.10 bits per heavy atom. The predicted octanol–water partition coefficient (Wildman–Crippen LogP) is 2.77. The number of halogens is 1. The molecule has 0 unspecified atom stereocenters. The molecule has 0 aliphatic carbocycles. The number of imide groups is 1. The second-order valence-electron chi connectivity index (χ2n) is 4.52. The van der Waals surface area contributed by atoms with Crippen molar-refractivity contribution in [3.05, 3.63) is 64.2 Å². The van der Waals surface area contributed by atoms with Gasteiger partial charge in [0.15, 0.2) is 0 Å². The molecule has 2 amide bonds. The van der Waals surface area contributed by atoms with E-state index in [2.05, 4.69) is 0 Å². The lowest BCUT2D eigenvalue weighted by Gasteiger charge is -2.15. The molecule has 0 radical (unpaired) electrons. The molecule has 2 aromatic carbocycles.